The number of carbonyl (C=O) groups excluding carboxylic acids is 4. The second-order valence-electron chi connectivity index (χ2n) is 11.2. The lowest BCUT2D eigenvalue weighted by atomic mass is 9.48. The van der Waals surface area contributed by atoms with Crippen LogP contribution in [0.15, 0.2) is 30.3 Å². The molecule has 2 aliphatic carbocycles. The molecule has 0 amide bonds. The second-order valence-corrected chi connectivity index (χ2v) is 11.2. The van der Waals surface area contributed by atoms with Crippen LogP contribution in [0.25, 0.3) is 0 Å². The third-order valence-electron chi connectivity index (χ3n) is 8.45. The molecule has 4 rings (SSSR count). The number of aliphatic hydroxyl groups is 1. The van der Waals surface area contributed by atoms with Crippen molar-refractivity contribution in [3.8, 4) is 0 Å². The molecule has 2 saturated carbocycles. The first-order valence-corrected chi connectivity index (χ1v) is 12.9. The van der Waals surface area contributed by atoms with Gasteiger partial charge in [-0.1, -0.05) is 25.1 Å². The summed E-state index contributed by atoms with van der Waals surface area (Å²) in [7, 11) is 0. The van der Waals surface area contributed by atoms with Crippen molar-refractivity contribution < 1.29 is 48.0 Å². The number of hydrogen-bond acceptors (Lipinski definition) is 10. The summed E-state index contributed by atoms with van der Waals surface area (Å²) in [6.45, 7) is 8.90. The molecule has 3 aliphatic rings. The minimum Gasteiger partial charge on any atom is -0.465 e. The molecule has 2 bridgehead atoms. The van der Waals surface area contributed by atoms with E-state index in [-0.39, 0.29) is 17.9 Å². The van der Waals surface area contributed by atoms with Crippen LogP contribution in [0.2, 0.25) is 0 Å². The van der Waals surface area contributed by atoms with Gasteiger partial charge in [0, 0.05) is 26.7 Å². The van der Waals surface area contributed by atoms with E-state index in [2.05, 4.69) is 0 Å². The predicted molar refractivity (Wildman–Crippen MR) is 132 cm³/mol. The van der Waals surface area contributed by atoms with E-state index in [4.69, 9.17) is 23.7 Å². The average molecular weight is 533 g/mol. The van der Waals surface area contributed by atoms with Gasteiger partial charge in [-0.05, 0) is 44.7 Å². The standard InChI is InChI=1S/C28H36O10/c1-15-12-21(32)23(36-18(4)31)27(14-34-16(2)29)24(37-25(33)19-10-8-7-9-11-19)22(35-17(3)30)20-13-28(15,27)38-26(20,5)6/h7-11,15,20-24,32H,12-14H2,1-6H3/t15-,20-,21+,22+,23+,24-,27+,28+/m1/s1. The Morgan fingerprint density at radius 1 is 0.947 bits per heavy atom. The van der Waals surface area contributed by atoms with Crippen LogP contribution < -0.4 is 0 Å². The van der Waals surface area contributed by atoms with Gasteiger partial charge in [0.1, 0.15) is 24.2 Å². The Kier molecular flexibility index (Phi) is 7.35. The van der Waals surface area contributed by atoms with E-state index in [0.717, 1.165) is 0 Å². The van der Waals surface area contributed by atoms with Crippen molar-refractivity contribution in [2.45, 2.75) is 90.0 Å². The zero-order valence-electron chi connectivity index (χ0n) is 22.6. The van der Waals surface area contributed by atoms with Crippen LogP contribution in [0.3, 0.4) is 0 Å². The third-order valence-corrected chi connectivity index (χ3v) is 8.45. The molecule has 208 valence electrons. The van der Waals surface area contributed by atoms with Gasteiger partial charge in [-0.15, -0.1) is 0 Å². The molecule has 8 atom stereocenters. The van der Waals surface area contributed by atoms with Gasteiger partial charge >= 0.3 is 23.9 Å². The molecule has 0 radical (unpaired) electrons. The monoisotopic (exact) mass is 532 g/mol. The van der Waals surface area contributed by atoms with Crippen molar-refractivity contribution in [3.05, 3.63) is 35.9 Å². The lowest BCUT2D eigenvalue weighted by Crippen LogP contribution is -2.76. The van der Waals surface area contributed by atoms with E-state index in [9.17, 15) is 24.3 Å². The lowest BCUT2D eigenvalue weighted by Gasteiger charge is -2.62. The van der Waals surface area contributed by atoms with E-state index in [1.165, 1.54) is 20.8 Å². The SMILES string of the molecule is CC(=O)OC[C@]12[C@H](OC(=O)c3ccccc3)[C@@H](OC(C)=O)[C@H]3C[C@]1(OC3(C)C)[C@H](C)C[C@H](O)[C@@H]2OC(C)=O. The zero-order chi connectivity index (χ0) is 28.0. The number of aliphatic hydroxyl groups excluding tert-OH is 1. The Balaban J connectivity index is 1.99. The van der Waals surface area contributed by atoms with E-state index < -0.39 is 77.4 Å². The van der Waals surface area contributed by atoms with Gasteiger partial charge in [0.25, 0.3) is 0 Å². The number of rotatable bonds is 6. The first kappa shape index (κ1) is 28.0. The highest BCUT2D eigenvalue weighted by atomic mass is 16.6. The zero-order valence-corrected chi connectivity index (χ0v) is 22.6. The van der Waals surface area contributed by atoms with E-state index >= 15 is 0 Å². The minimum absolute atomic E-state index is 0.222. The summed E-state index contributed by atoms with van der Waals surface area (Å²) in [6, 6.07) is 8.28. The molecule has 0 aromatic heterocycles. The Morgan fingerprint density at radius 3 is 2.16 bits per heavy atom. The number of benzene rings is 1. The summed E-state index contributed by atoms with van der Waals surface area (Å²) in [6.07, 6.45) is -4.27. The maximum Gasteiger partial charge on any atom is 0.338 e. The van der Waals surface area contributed by atoms with Gasteiger partial charge in [-0.3, -0.25) is 14.4 Å². The van der Waals surface area contributed by atoms with E-state index in [1.807, 2.05) is 20.8 Å². The van der Waals surface area contributed by atoms with Crippen molar-refractivity contribution in [2.75, 3.05) is 6.61 Å². The largest absolute Gasteiger partial charge is 0.465 e. The molecule has 1 aliphatic heterocycles. The van der Waals surface area contributed by atoms with Gasteiger partial charge in [-0.25, -0.2) is 4.79 Å². The normalized spacial score (nSPS) is 36.9. The van der Waals surface area contributed by atoms with Gasteiger partial charge < -0.3 is 28.8 Å². The molecule has 3 fully saturated rings. The van der Waals surface area contributed by atoms with Crippen LogP contribution in [0.5, 0.6) is 0 Å². The Morgan fingerprint density at radius 2 is 1.58 bits per heavy atom. The molecule has 38 heavy (non-hydrogen) atoms. The minimum atomic E-state index is -1.60. The highest BCUT2D eigenvalue weighted by Gasteiger charge is 2.80. The maximum atomic E-state index is 13.5. The van der Waals surface area contributed by atoms with Gasteiger partial charge in [-0.2, -0.15) is 0 Å². The van der Waals surface area contributed by atoms with Gasteiger partial charge in [0.2, 0.25) is 0 Å². The Bertz CT molecular complexity index is 1100. The first-order valence-electron chi connectivity index (χ1n) is 12.9. The molecular formula is C28H36O10. The number of carbonyl (C=O) groups is 4. The van der Waals surface area contributed by atoms with Crippen molar-refractivity contribution in [2.24, 2.45) is 17.3 Å². The third kappa shape index (κ3) is 4.47. The number of esters is 4. The quantitative estimate of drug-likeness (QED) is 0.430. The average Bonchev–Trinajstić information content (AvgIpc) is 3.09. The number of hydrogen-bond donors (Lipinski definition) is 1. The summed E-state index contributed by atoms with van der Waals surface area (Å²) in [5.41, 5.74) is -3.38. The van der Waals surface area contributed by atoms with Crippen LogP contribution in [0.1, 0.15) is 64.7 Å². The molecule has 1 N–H and O–H groups in total. The summed E-state index contributed by atoms with van der Waals surface area (Å²) in [5.74, 6) is -3.38. The van der Waals surface area contributed by atoms with Crippen molar-refractivity contribution in [3.63, 3.8) is 0 Å². The Labute approximate surface area is 221 Å². The van der Waals surface area contributed by atoms with Crippen molar-refractivity contribution in [1.82, 2.24) is 0 Å². The molecule has 1 aromatic rings. The van der Waals surface area contributed by atoms with Crippen LogP contribution in [-0.4, -0.2) is 71.2 Å². The molecule has 1 saturated heterocycles. The molecule has 1 spiro atoms. The van der Waals surface area contributed by atoms with Gasteiger partial charge in [0.05, 0.1) is 22.9 Å². The molecule has 1 aromatic carbocycles. The van der Waals surface area contributed by atoms with Crippen LogP contribution in [0.4, 0.5) is 0 Å². The maximum absolute atomic E-state index is 13.5. The van der Waals surface area contributed by atoms with Crippen LogP contribution in [0, 0.1) is 17.3 Å². The second kappa shape index (κ2) is 9.96. The van der Waals surface area contributed by atoms with Crippen LogP contribution in [-0.2, 0) is 38.1 Å². The molecule has 0 unspecified atom stereocenters. The fourth-order valence-corrected chi connectivity index (χ4v) is 7.02. The fourth-order valence-electron chi connectivity index (χ4n) is 7.02. The van der Waals surface area contributed by atoms with E-state index in [0.29, 0.717) is 6.42 Å². The number of ether oxygens (including phenoxy) is 5. The van der Waals surface area contributed by atoms with Crippen molar-refractivity contribution in [1.29, 1.82) is 0 Å². The topological polar surface area (TPSA) is 135 Å². The highest BCUT2D eigenvalue weighted by molar-refractivity contribution is 5.89. The van der Waals surface area contributed by atoms with Crippen LogP contribution >= 0.6 is 0 Å². The highest BCUT2D eigenvalue weighted by Crippen LogP contribution is 2.67. The predicted octanol–water partition coefficient (Wildman–Crippen LogP) is 2.59. The smallest absolute Gasteiger partial charge is 0.338 e. The molecule has 1 heterocycles. The first-order chi connectivity index (χ1) is 17.7. The van der Waals surface area contributed by atoms with Gasteiger partial charge in [0.15, 0.2) is 6.10 Å². The molecule has 10 nitrogen and oxygen atoms in total. The number of fused-ring (bicyclic) bond motifs is 1. The summed E-state index contributed by atoms with van der Waals surface area (Å²) in [4.78, 5) is 50.4. The molecule has 10 heteroatoms. The summed E-state index contributed by atoms with van der Waals surface area (Å²) >= 11 is 0. The lowest BCUT2D eigenvalue weighted by molar-refractivity contribution is -0.306. The molecular weight excluding hydrogens is 496 g/mol. The van der Waals surface area contributed by atoms with Crippen molar-refractivity contribution >= 4 is 23.9 Å². The fraction of sp³-hybridized carbons (Fsp3) is 0.643. The summed E-state index contributed by atoms with van der Waals surface area (Å²) < 4.78 is 30.2. The summed E-state index contributed by atoms with van der Waals surface area (Å²) in [5, 5.41) is 11.3. The van der Waals surface area contributed by atoms with E-state index in [1.54, 1.807) is 30.3 Å². The Hall–Kier alpha value is -2.98.